The molecule has 1 atom stereocenters. The van der Waals surface area contributed by atoms with Crippen LogP contribution in [0.15, 0.2) is 12.2 Å². The van der Waals surface area contributed by atoms with E-state index in [9.17, 15) is 0 Å². The molecule has 1 unspecified atom stereocenters. The SMILES string of the molecule is C/C=C/CNC(C)(CC)CCl. The zero-order chi connectivity index (χ0) is 8.74. The molecule has 0 fully saturated rings. The predicted octanol–water partition coefficient (Wildman–Crippen LogP) is 2.56. The van der Waals surface area contributed by atoms with Gasteiger partial charge in [0.2, 0.25) is 0 Å². The Bertz CT molecular complexity index is 117. The summed E-state index contributed by atoms with van der Waals surface area (Å²) in [7, 11) is 0. The van der Waals surface area contributed by atoms with Gasteiger partial charge in [0.1, 0.15) is 0 Å². The van der Waals surface area contributed by atoms with Gasteiger partial charge in [-0.2, -0.15) is 0 Å². The van der Waals surface area contributed by atoms with Crippen molar-refractivity contribution >= 4 is 11.6 Å². The Kier molecular flexibility index (Phi) is 5.61. The molecule has 0 spiro atoms. The molecule has 11 heavy (non-hydrogen) atoms. The van der Waals surface area contributed by atoms with Gasteiger partial charge < -0.3 is 5.32 Å². The number of hydrogen-bond acceptors (Lipinski definition) is 1. The lowest BCUT2D eigenvalue weighted by molar-refractivity contribution is 0.400. The summed E-state index contributed by atoms with van der Waals surface area (Å²) in [5, 5.41) is 3.38. The molecule has 0 aromatic heterocycles. The fourth-order valence-corrected chi connectivity index (χ4v) is 0.973. The molecule has 2 heteroatoms. The molecule has 0 heterocycles. The molecule has 1 nitrogen and oxygen atoms in total. The maximum absolute atomic E-state index is 5.80. The second kappa shape index (κ2) is 5.62. The molecule has 0 aliphatic heterocycles. The van der Waals surface area contributed by atoms with E-state index in [4.69, 9.17) is 11.6 Å². The van der Waals surface area contributed by atoms with Gasteiger partial charge in [0.25, 0.3) is 0 Å². The van der Waals surface area contributed by atoms with Crippen LogP contribution >= 0.6 is 11.6 Å². The highest BCUT2D eigenvalue weighted by Crippen LogP contribution is 2.10. The van der Waals surface area contributed by atoms with E-state index in [1.165, 1.54) is 0 Å². The third kappa shape index (κ3) is 4.44. The molecule has 0 bridgehead atoms. The van der Waals surface area contributed by atoms with Crippen molar-refractivity contribution in [1.29, 1.82) is 0 Å². The highest BCUT2D eigenvalue weighted by Gasteiger charge is 2.18. The number of rotatable bonds is 5. The number of allylic oxidation sites excluding steroid dienone is 1. The third-order valence-corrected chi connectivity index (χ3v) is 2.55. The van der Waals surface area contributed by atoms with Crippen molar-refractivity contribution in [3.63, 3.8) is 0 Å². The van der Waals surface area contributed by atoms with Crippen molar-refractivity contribution in [2.45, 2.75) is 32.7 Å². The van der Waals surface area contributed by atoms with E-state index in [0.717, 1.165) is 13.0 Å². The van der Waals surface area contributed by atoms with Crippen molar-refractivity contribution in [2.24, 2.45) is 0 Å². The van der Waals surface area contributed by atoms with Crippen molar-refractivity contribution in [2.75, 3.05) is 12.4 Å². The van der Waals surface area contributed by atoms with Crippen LogP contribution in [-0.2, 0) is 0 Å². The minimum atomic E-state index is 0.0983. The summed E-state index contributed by atoms with van der Waals surface area (Å²) < 4.78 is 0. The van der Waals surface area contributed by atoms with E-state index in [-0.39, 0.29) is 5.54 Å². The van der Waals surface area contributed by atoms with Crippen LogP contribution in [-0.4, -0.2) is 18.0 Å². The van der Waals surface area contributed by atoms with Gasteiger partial charge in [-0.25, -0.2) is 0 Å². The summed E-state index contributed by atoms with van der Waals surface area (Å²) in [4.78, 5) is 0. The lowest BCUT2D eigenvalue weighted by Crippen LogP contribution is -2.43. The second-order valence-electron chi connectivity index (χ2n) is 3.00. The summed E-state index contributed by atoms with van der Waals surface area (Å²) in [5.74, 6) is 0.668. The smallest absolute Gasteiger partial charge is 0.0403 e. The van der Waals surface area contributed by atoms with Gasteiger partial charge in [0, 0.05) is 18.0 Å². The quantitative estimate of drug-likeness (QED) is 0.500. The van der Waals surface area contributed by atoms with E-state index in [0.29, 0.717) is 5.88 Å². The minimum absolute atomic E-state index is 0.0983. The van der Waals surface area contributed by atoms with Crippen LogP contribution in [0.25, 0.3) is 0 Å². The van der Waals surface area contributed by atoms with E-state index in [1.807, 2.05) is 13.0 Å². The molecule has 0 aliphatic rings. The molecule has 0 saturated carbocycles. The average molecular weight is 176 g/mol. The summed E-state index contributed by atoms with van der Waals surface area (Å²) >= 11 is 5.80. The van der Waals surface area contributed by atoms with Crippen molar-refractivity contribution in [3.8, 4) is 0 Å². The number of alkyl halides is 1. The number of halogens is 1. The summed E-state index contributed by atoms with van der Waals surface area (Å²) in [5.41, 5.74) is 0.0983. The van der Waals surface area contributed by atoms with Crippen LogP contribution in [0.5, 0.6) is 0 Å². The van der Waals surface area contributed by atoms with E-state index in [2.05, 4.69) is 25.2 Å². The molecule has 0 rings (SSSR count). The first-order chi connectivity index (χ1) is 5.18. The molecule has 66 valence electrons. The Labute approximate surface area is 74.8 Å². The molecule has 0 amide bonds. The van der Waals surface area contributed by atoms with Gasteiger partial charge in [0.05, 0.1) is 0 Å². The van der Waals surface area contributed by atoms with Gasteiger partial charge in [-0.3, -0.25) is 0 Å². The van der Waals surface area contributed by atoms with Gasteiger partial charge in [-0.05, 0) is 20.3 Å². The Morgan fingerprint density at radius 3 is 2.55 bits per heavy atom. The van der Waals surface area contributed by atoms with Gasteiger partial charge in [0.15, 0.2) is 0 Å². The maximum atomic E-state index is 5.80. The fraction of sp³-hybridized carbons (Fsp3) is 0.778. The molecule has 0 aromatic carbocycles. The summed E-state index contributed by atoms with van der Waals surface area (Å²) in [6, 6.07) is 0. The molecular formula is C9H18ClN. The van der Waals surface area contributed by atoms with Crippen LogP contribution < -0.4 is 5.32 Å². The monoisotopic (exact) mass is 175 g/mol. The van der Waals surface area contributed by atoms with E-state index >= 15 is 0 Å². The first-order valence-electron chi connectivity index (χ1n) is 4.10. The van der Waals surface area contributed by atoms with E-state index < -0.39 is 0 Å². The van der Waals surface area contributed by atoms with Crippen molar-refractivity contribution in [3.05, 3.63) is 12.2 Å². The van der Waals surface area contributed by atoms with Crippen LogP contribution in [0.2, 0.25) is 0 Å². The van der Waals surface area contributed by atoms with Crippen LogP contribution in [0, 0.1) is 0 Å². The zero-order valence-electron chi connectivity index (χ0n) is 7.65. The third-order valence-electron chi connectivity index (χ3n) is 1.96. The second-order valence-corrected chi connectivity index (χ2v) is 3.27. The Morgan fingerprint density at radius 2 is 2.18 bits per heavy atom. The highest BCUT2D eigenvalue weighted by molar-refractivity contribution is 6.18. The molecule has 0 aliphatic carbocycles. The average Bonchev–Trinajstić information content (AvgIpc) is 2.05. The standard InChI is InChI=1S/C9H18ClN/c1-4-6-7-11-9(3,5-2)8-10/h4,6,11H,5,7-8H2,1-3H3/b6-4+. The van der Waals surface area contributed by atoms with Gasteiger partial charge in [-0.15, -0.1) is 11.6 Å². The molecule has 0 radical (unpaired) electrons. The van der Waals surface area contributed by atoms with Crippen LogP contribution in [0.1, 0.15) is 27.2 Å². The fourth-order valence-electron chi connectivity index (χ4n) is 0.690. The predicted molar refractivity (Wildman–Crippen MR) is 52.2 cm³/mol. The number of hydrogen-bond donors (Lipinski definition) is 1. The van der Waals surface area contributed by atoms with E-state index in [1.54, 1.807) is 0 Å². The van der Waals surface area contributed by atoms with Gasteiger partial charge >= 0.3 is 0 Å². The first-order valence-corrected chi connectivity index (χ1v) is 4.64. The highest BCUT2D eigenvalue weighted by atomic mass is 35.5. The topological polar surface area (TPSA) is 12.0 Å². The normalized spacial score (nSPS) is 17.1. The maximum Gasteiger partial charge on any atom is 0.0403 e. The van der Waals surface area contributed by atoms with Crippen molar-refractivity contribution < 1.29 is 0 Å². The molecule has 0 aromatic rings. The summed E-state index contributed by atoms with van der Waals surface area (Å²) in [6.45, 7) is 7.22. The number of nitrogens with one attached hydrogen (secondary N) is 1. The Hall–Kier alpha value is -0.0100. The van der Waals surface area contributed by atoms with Crippen LogP contribution in [0.3, 0.4) is 0 Å². The molecule has 0 saturated heterocycles. The molecule has 1 N–H and O–H groups in total. The summed E-state index contributed by atoms with van der Waals surface area (Å²) in [6.07, 6.45) is 5.20. The van der Waals surface area contributed by atoms with Crippen molar-refractivity contribution in [1.82, 2.24) is 5.32 Å². The Balaban J connectivity index is 3.68. The molecular weight excluding hydrogens is 158 g/mol. The minimum Gasteiger partial charge on any atom is -0.307 e. The largest absolute Gasteiger partial charge is 0.307 e. The lowest BCUT2D eigenvalue weighted by Gasteiger charge is -2.26. The first kappa shape index (κ1) is 11.0. The van der Waals surface area contributed by atoms with Gasteiger partial charge in [-0.1, -0.05) is 19.1 Å². The Morgan fingerprint density at radius 1 is 1.55 bits per heavy atom. The zero-order valence-corrected chi connectivity index (χ0v) is 8.41. The van der Waals surface area contributed by atoms with Crippen LogP contribution in [0.4, 0.5) is 0 Å². The lowest BCUT2D eigenvalue weighted by atomic mass is 10.0.